The van der Waals surface area contributed by atoms with Crippen molar-refractivity contribution in [3.05, 3.63) is 0 Å². The van der Waals surface area contributed by atoms with Gasteiger partial charge in [0.15, 0.2) is 0 Å². The van der Waals surface area contributed by atoms with Crippen molar-refractivity contribution in [1.82, 2.24) is 0 Å². The highest BCUT2D eigenvalue weighted by molar-refractivity contribution is 4.35. The van der Waals surface area contributed by atoms with E-state index < -0.39 is 13.0 Å². The molecule has 0 saturated heterocycles. The maximum absolute atomic E-state index is 8.64. The maximum Gasteiger partial charge on any atom is 0.275 e. The molecule has 19 heavy (non-hydrogen) atoms. The predicted octanol–water partition coefficient (Wildman–Crippen LogP) is -2.39. The Labute approximate surface area is 111 Å². The first kappa shape index (κ1) is 18.6. The molecule has 0 heterocycles. The van der Waals surface area contributed by atoms with Crippen molar-refractivity contribution in [3.8, 4) is 0 Å². The Bertz CT molecular complexity index is 146. The van der Waals surface area contributed by atoms with Crippen LogP contribution in [0.3, 0.4) is 0 Å². The van der Waals surface area contributed by atoms with E-state index in [9.17, 15) is 0 Å². The number of rotatable bonds is 14. The topological polar surface area (TPSA) is 127 Å². The predicted molar refractivity (Wildman–Crippen MR) is 60.8 cm³/mol. The molecule has 0 radical (unpaired) electrons. The quantitative estimate of drug-likeness (QED) is 0.258. The summed E-state index contributed by atoms with van der Waals surface area (Å²) in [5, 5.41) is 34.6. The molecule has 0 aromatic heterocycles. The van der Waals surface area contributed by atoms with Gasteiger partial charge in [-0.25, -0.2) is 0 Å². The summed E-state index contributed by atoms with van der Waals surface area (Å²) in [6, 6.07) is 0. The molecule has 0 fully saturated rings. The van der Waals surface area contributed by atoms with E-state index in [4.69, 9.17) is 44.1 Å². The van der Waals surface area contributed by atoms with Crippen LogP contribution >= 0.6 is 0 Å². The largest absolute Gasteiger partial charge is 0.394 e. The van der Waals surface area contributed by atoms with E-state index in [0.29, 0.717) is 0 Å². The number of aliphatic hydroxyl groups excluding tert-OH is 4. The molecular formula is C10H22O9. The van der Waals surface area contributed by atoms with E-state index in [1.165, 1.54) is 0 Å². The number of hydrogen-bond donors (Lipinski definition) is 4. The third-order valence-corrected chi connectivity index (χ3v) is 1.60. The molecule has 0 aliphatic rings. The van der Waals surface area contributed by atoms with Crippen molar-refractivity contribution in [3.63, 3.8) is 0 Å². The first-order valence-corrected chi connectivity index (χ1v) is 5.83. The van der Waals surface area contributed by atoms with Crippen LogP contribution < -0.4 is 0 Å². The van der Waals surface area contributed by atoms with Crippen molar-refractivity contribution >= 4 is 0 Å². The molecule has 0 aromatic carbocycles. The van der Waals surface area contributed by atoms with Crippen LogP contribution in [0.4, 0.5) is 0 Å². The molecule has 0 aliphatic carbocycles. The molecule has 9 heteroatoms. The zero-order chi connectivity index (χ0) is 14.3. The van der Waals surface area contributed by atoms with Gasteiger partial charge in [-0.05, 0) is 0 Å². The van der Waals surface area contributed by atoms with Gasteiger partial charge in [-0.1, -0.05) is 0 Å². The van der Waals surface area contributed by atoms with E-state index in [1.807, 2.05) is 0 Å². The molecule has 0 aliphatic heterocycles. The Morgan fingerprint density at radius 3 is 1.00 bits per heavy atom. The lowest BCUT2D eigenvalue weighted by Gasteiger charge is -2.24. The summed E-state index contributed by atoms with van der Waals surface area (Å²) in [5.41, 5.74) is 0. The Kier molecular flexibility index (Phi) is 13.8. The molecule has 0 bridgehead atoms. The van der Waals surface area contributed by atoms with Gasteiger partial charge in [0.1, 0.15) is 0 Å². The van der Waals surface area contributed by atoms with Crippen LogP contribution in [0.15, 0.2) is 0 Å². The average Bonchev–Trinajstić information content (AvgIpc) is 2.44. The van der Waals surface area contributed by atoms with E-state index in [-0.39, 0.29) is 52.9 Å². The van der Waals surface area contributed by atoms with Crippen LogP contribution in [-0.2, 0) is 23.7 Å². The lowest BCUT2D eigenvalue weighted by Crippen LogP contribution is -2.33. The maximum atomic E-state index is 8.64. The Balaban J connectivity index is 4.16. The summed E-state index contributed by atoms with van der Waals surface area (Å²) >= 11 is 0. The van der Waals surface area contributed by atoms with Gasteiger partial charge >= 0.3 is 0 Å². The summed E-state index contributed by atoms with van der Waals surface area (Å²) in [5.74, 6) is 0. The molecule has 4 N–H and O–H groups in total. The van der Waals surface area contributed by atoms with Crippen LogP contribution in [0.25, 0.3) is 0 Å². The van der Waals surface area contributed by atoms with Gasteiger partial charge in [0.05, 0.1) is 52.9 Å². The second kappa shape index (κ2) is 14.1. The third-order valence-electron chi connectivity index (χ3n) is 1.60. The van der Waals surface area contributed by atoms with Gasteiger partial charge in [-0.2, -0.15) is 0 Å². The zero-order valence-corrected chi connectivity index (χ0v) is 10.6. The van der Waals surface area contributed by atoms with Crippen LogP contribution in [0.1, 0.15) is 0 Å². The van der Waals surface area contributed by atoms with E-state index >= 15 is 0 Å². The van der Waals surface area contributed by atoms with Crippen molar-refractivity contribution in [2.24, 2.45) is 0 Å². The zero-order valence-electron chi connectivity index (χ0n) is 10.6. The molecule has 0 rings (SSSR count). The van der Waals surface area contributed by atoms with Gasteiger partial charge in [0.25, 0.3) is 13.0 Å². The van der Waals surface area contributed by atoms with Crippen molar-refractivity contribution in [1.29, 1.82) is 0 Å². The van der Waals surface area contributed by atoms with Crippen molar-refractivity contribution in [2.75, 3.05) is 52.9 Å². The van der Waals surface area contributed by atoms with E-state index in [2.05, 4.69) is 0 Å². The molecular weight excluding hydrogens is 264 g/mol. The minimum atomic E-state index is -1.21. The Morgan fingerprint density at radius 2 is 0.789 bits per heavy atom. The standard InChI is InChI=1S/C10H22O9/c11-1-5-15-9(16-6-2-12)19-10(17-7-3-13)18-8-4-14/h9-14H,1-8H2. The fraction of sp³-hybridized carbons (Fsp3) is 1.00. The first-order chi connectivity index (χ1) is 9.28. The average molecular weight is 286 g/mol. The lowest BCUT2D eigenvalue weighted by molar-refractivity contribution is -0.400. The molecule has 0 atom stereocenters. The molecule has 116 valence electrons. The van der Waals surface area contributed by atoms with Crippen molar-refractivity contribution < 1.29 is 44.1 Å². The highest BCUT2D eigenvalue weighted by Crippen LogP contribution is 2.06. The van der Waals surface area contributed by atoms with E-state index in [0.717, 1.165) is 0 Å². The highest BCUT2D eigenvalue weighted by Gasteiger charge is 2.19. The van der Waals surface area contributed by atoms with Gasteiger partial charge in [0.2, 0.25) is 0 Å². The fourth-order valence-electron chi connectivity index (χ4n) is 0.940. The smallest absolute Gasteiger partial charge is 0.275 e. The molecule has 0 spiro atoms. The molecule has 0 amide bonds. The van der Waals surface area contributed by atoms with Gasteiger partial charge in [0, 0.05) is 0 Å². The van der Waals surface area contributed by atoms with Crippen LogP contribution in [0, 0.1) is 0 Å². The van der Waals surface area contributed by atoms with Crippen molar-refractivity contribution in [2.45, 2.75) is 13.0 Å². The third kappa shape index (κ3) is 11.2. The second-order valence-corrected chi connectivity index (χ2v) is 3.09. The number of aliphatic hydroxyl groups is 4. The van der Waals surface area contributed by atoms with E-state index in [1.54, 1.807) is 0 Å². The van der Waals surface area contributed by atoms with Crippen LogP contribution in [-0.4, -0.2) is 86.2 Å². The number of ether oxygens (including phenoxy) is 5. The normalized spacial score (nSPS) is 11.7. The highest BCUT2D eigenvalue weighted by atomic mass is 16.9. The minimum Gasteiger partial charge on any atom is -0.394 e. The van der Waals surface area contributed by atoms with Crippen LogP contribution in [0.5, 0.6) is 0 Å². The lowest BCUT2D eigenvalue weighted by atomic mass is 10.7. The van der Waals surface area contributed by atoms with Gasteiger partial charge < -0.3 is 39.4 Å². The Hall–Kier alpha value is -0.360. The molecule has 0 aromatic rings. The molecule has 0 unspecified atom stereocenters. The minimum absolute atomic E-state index is 0.0389. The molecule has 9 nitrogen and oxygen atoms in total. The SMILES string of the molecule is OCCOC(OCCO)OC(OCCO)OCCO. The second-order valence-electron chi connectivity index (χ2n) is 3.09. The summed E-state index contributed by atoms with van der Waals surface area (Å²) in [6.45, 7) is -3.51. The van der Waals surface area contributed by atoms with Gasteiger partial charge in [-0.15, -0.1) is 0 Å². The van der Waals surface area contributed by atoms with Gasteiger partial charge in [-0.3, -0.25) is 4.74 Å². The van der Waals surface area contributed by atoms with Crippen LogP contribution in [0.2, 0.25) is 0 Å². The summed E-state index contributed by atoms with van der Waals surface area (Å²) < 4.78 is 25.1. The number of hydrogen-bond acceptors (Lipinski definition) is 9. The summed E-state index contributed by atoms with van der Waals surface area (Å²) in [6.07, 6.45) is 0. The Morgan fingerprint density at radius 1 is 0.526 bits per heavy atom. The monoisotopic (exact) mass is 286 g/mol. The summed E-state index contributed by atoms with van der Waals surface area (Å²) in [4.78, 5) is 0. The summed E-state index contributed by atoms with van der Waals surface area (Å²) in [7, 11) is 0. The first-order valence-electron chi connectivity index (χ1n) is 5.83. The molecule has 0 saturated carbocycles. The fourth-order valence-corrected chi connectivity index (χ4v) is 0.940.